The van der Waals surface area contributed by atoms with Gasteiger partial charge in [0.15, 0.2) is 0 Å². The molecular weight excluding hydrogens is 349 g/mol. The van der Waals surface area contributed by atoms with Crippen molar-refractivity contribution in [3.05, 3.63) is 56.6 Å². The number of phenols is 1. The smallest absolute Gasteiger partial charge is 0.115 e. The second-order valence-corrected chi connectivity index (χ2v) is 5.30. The standard InChI is InChI=1S/C13H11ClINO/c14-12-5-4-10(15)7-13(12)16-8-9-2-1-3-11(17)6-9/h1-7,16-17H,8H2. The highest BCUT2D eigenvalue weighted by Crippen LogP contribution is 2.24. The molecule has 0 aromatic heterocycles. The number of aromatic hydroxyl groups is 1. The van der Waals surface area contributed by atoms with E-state index in [2.05, 4.69) is 27.9 Å². The van der Waals surface area contributed by atoms with Gasteiger partial charge < -0.3 is 10.4 Å². The van der Waals surface area contributed by atoms with Crippen molar-refractivity contribution in [2.75, 3.05) is 5.32 Å². The molecule has 17 heavy (non-hydrogen) atoms. The molecule has 0 aliphatic heterocycles. The number of benzene rings is 2. The fourth-order valence-electron chi connectivity index (χ4n) is 1.50. The van der Waals surface area contributed by atoms with Crippen LogP contribution < -0.4 is 5.32 Å². The molecule has 0 fully saturated rings. The number of rotatable bonds is 3. The van der Waals surface area contributed by atoms with Crippen molar-refractivity contribution >= 4 is 39.9 Å². The lowest BCUT2D eigenvalue weighted by molar-refractivity contribution is 0.474. The van der Waals surface area contributed by atoms with Gasteiger partial charge in [0, 0.05) is 10.1 Å². The topological polar surface area (TPSA) is 32.3 Å². The molecule has 0 aliphatic rings. The molecule has 0 heterocycles. The lowest BCUT2D eigenvalue weighted by atomic mass is 10.2. The number of phenolic OH excluding ortho intramolecular Hbond substituents is 1. The van der Waals surface area contributed by atoms with Gasteiger partial charge in [-0.25, -0.2) is 0 Å². The minimum absolute atomic E-state index is 0.276. The van der Waals surface area contributed by atoms with Crippen molar-refractivity contribution in [2.24, 2.45) is 0 Å². The van der Waals surface area contributed by atoms with E-state index in [1.54, 1.807) is 12.1 Å². The van der Waals surface area contributed by atoms with Crippen LogP contribution in [0.3, 0.4) is 0 Å². The Labute approximate surface area is 119 Å². The maximum atomic E-state index is 9.35. The van der Waals surface area contributed by atoms with Crippen molar-refractivity contribution in [1.29, 1.82) is 0 Å². The molecule has 0 atom stereocenters. The van der Waals surface area contributed by atoms with Gasteiger partial charge in [-0.2, -0.15) is 0 Å². The second-order valence-electron chi connectivity index (χ2n) is 3.65. The van der Waals surface area contributed by atoms with Crippen molar-refractivity contribution in [1.82, 2.24) is 0 Å². The van der Waals surface area contributed by atoms with Crippen LogP contribution >= 0.6 is 34.2 Å². The first kappa shape index (κ1) is 12.5. The SMILES string of the molecule is Oc1cccc(CNc2cc(I)ccc2Cl)c1. The van der Waals surface area contributed by atoms with Gasteiger partial charge in [-0.1, -0.05) is 23.7 Å². The van der Waals surface area contributed by atoms with E-state index >= 15 is 0 Å². The number of halogens is 2. The van der Waals surface area contributed by atoms with Crippen LogP contribution in [-0.2, 0) is 6.54 Å². The fourth-order valence-corrected chi connectivity index (χ4v) is 2.17. The zero-order valence-corrected chi connectivity index (χ0v) is 11.9. The van der Waals surface area contributed by atoms with E-state index in [0.29, 0.717) is 11.6 Å². The summed E-state index contributed by atoms with van der Waals surface area (Å²) in [4.78, 5) is 0. The van der Waals surface area contributed by atoms with Gasteiger partial charge in [-0.15, -0.1) is 0 Å². The Hall–Kier alpha value is -0.940. The Morgan fingerprint density at radius 1 is 1.18 bits per heavy atom. The van der Waals surface area contributed by atoms with Gasteiger partial charge in [0.2, 0.25) is 0 Å². The summed E-state index contributed by atoms with van der Waals surface area (Å²) in [6.07, 6.45) is 0. The number of hydrogen-bond donors (Lipinski definition) is 2. The monoisotopic (exact) mass is 359 g/mol. The maximum Gasteiger partial charge on any atom is 0.115 e. The van der Waals surface area contributed by atoms with Crippen LogP contribution in [-0.4, -0.2) is 5.11 Å². The summed E-state index contributed by atoms with van der Waals surface area (Å²) in [5.74, 6) is 0.276. The molecule has 0 bridgehead atoms. The van der Waals surface area contributed by atoms with Gasteiger partial charge in [0.05, 0.1) is 10.7 Å². The van der Waals surface area contributed by atoms with Gasteiger partial charge in [-0.05, 0) is 58.5 Å². The summed E-state index contributed by atoms with van der Waals surface area (Å²) in [7, 11) is 0. The van der Waals surface area contributed by atoms with Crippen LogP contribution in [0, 0.1) is 3.57 Å². The zero-order chi connectivity index (χ0) is 12.3. The quantitative estimate of drug-likeness (QED) is 0.803. The highest BCUT2D eigenvalue weighted by atomic mass is 127. The van der Waals surface area contributed by atoms with Crippen molar-refractivity contribution in [3.63, 3.8) is 0 Å². The molecule has 0 saturated carbocycles. The van der Waals surface area contributed by atoms with Gasteiger partial charge in [0.25, 0.3) is 0 Å². The predicted molar refractivity (Wildman–Crippen MR) is 79.6 cm³/mol. The lowest BCUT2D eigenvalue weighted by Crippen LogP contribution is -2.00. The van der Waals surface area contributed by atoms with Crippen LogP contribution in [0.1, 0.15) is 5.56 Å². The summed E-state index contributed by atoms with van der Waals surface area (Å²) >= 11 is 8.32. The molecule has 2 aromatic carbocycles. The number of hydrogen-bond acceptors (Lipinski definition) is 2. The van der Waals surface area contributed by atoms with Crippen LogP contribution in [0.15, 0.2) is 42.5 Å². The summed E-state index contributed by atoms with van der Waals surface area (Å²) in [6.45, 7) is 0.633. The third kappa shape index (κ3) is 3.51. The van der Waals surface area contributed by atoms with Gasteiger partial charge in [0.1, 0.15) is 5.75 Å². The Morgan fingerprint density at radius 3 is 2.76 bits per heavy atom. The predicted octanol–water partition coefficient (Wildman–Crippen LogP) is 4.26. The van der Waals surface area contributed by atoms with E-state index in [9.17, 15) is 5.11 Å². The molecule has 88 valence electrons. The van der Waals surface area contributed by atoms with Crippen molar-refractivity contribution < 1.29 is 5.11 Å². The molecule has 2 aromatic rings. The number of anilines is 1. The Bertz CT molecular complexity index is 531. The van der Waals surface area contributed by atoms with E-state index in [1.807, 2.05) is 30.3 Å². The van der Waals surface area contributed by atoms with Crippen LogP contribution in [0.25, 0.3) is 0 Å². The first-order valence-corrected chi connectivity index (χ1v) is 6.57. The van der Waals surface area contributed by atoms with E-state index in [4.69, 9.17) is 11.6 Å². The average Bonchev–Trinajstić information content (AvgIpc) is 2.30. The molecular formula is C13H11ClINO. The lowest BCUT2D eigenvalue weighted by Gasteiger charge is -2.09. The summed E-state index contributed by atoms with van der Waals surface area (Å²) in [6, 6.07) is 13.0. The van der Waals surface area contributed by atoms with Crippen LogP contribution in [0.4, 0.5) is 5.69 Å². The van der Waals surface area contributed by atoms with E-state index in [1.165, 1.54) is 0 Å². The van der Waals surface area contributed by atoms with E-state index < -0.39 is 0 Å². The minimum Gasteiger partial charge on any atom is -0.508 e. The van der Waals surface area contributed by atoms with Crippen LogP contribution in [0.2, 0.25) is 5.02 Å². The third-order valence-corrected chi connectivity index (χ3v) is 3.32. The largest absolute Gasteiger partial charge is 0.508 e. The minimum atomic E-state index is 0.276. The number of nitrogens with one attached hydrogen (secondary N) is 1. The van der Waals surface area contributed by atoms with E-state index in [0.717, 1.165) is 14.8 Å². The Morgan fingerprint density at radius 2 is 2.00 bits per heavy atom. The molecule has 2 nitrogen and oxygen atoms in total. The first-order chi connectivity index (χ1) is 8.15. The molecule has 0 amide bonds. The highest BCUT2D eigenvalue weighted by Gasteiger charge is 2.01. The Balaban J connectivity index is 2.09. The molecule has 0 spiro atoms. The summed E-state index contributed by atoms with van der Waals surface area (Å²) in [5, 5.41) is 13.3. The molecule has 0 unspecified atom stereocenters. The molecule has 0 saturated heterocycles. The molecule has 2 N–H and O–H groups in total. The second kappa shape index (κ2) is 5.60. The summed E-state index contributed by atoms with van der Waals surface area (Å²) in [5.41, 5.74) is 1.92. The third-order valence-electron chi connectivity index (χ3n) is 2.32. The van der Waals surface area contributed by atoms with Crippen molar-refractivity contribution in [2.45, 2.75) is 6.54 Å². The molecule has 2 rings (SSSR count). The highest BCUT2D eigenvalue weighted by molar-refractivity contribution is 14.1. The van der Waals surface area contributed by atoms with Crippen molar-refractivity contribution in [3.8, 4) is 5.75 Å². The van der Waals surface area contributed by atoms with Gasteiger partial charge >= 0.3 is 0 Å². The normalized spacial score (nSPS) is 10.2. The molecule has 0 aliphatic carbocycles. The zero-order valence-electron chi connectivity index (χ0n) is 8.95. The average molecular weight is 360 g/mol. The Kier molecular flexibility index (Phi) is 4.12. The van der Waals surface area contributed by atoms with E-state index in [-0.39, 0.29) is 5.75 Å². The van der Waals surface area contributed by atoms with Crippen LogP contribution in [0.5, 0.6) is 5.75 Å². The fraction of sp³-hybridized carbons (Fsp3) is 0.0769. The van der Waals surface area contributed by atoms with Gasteiger partial charge in [-0.3, -0.25) is 0 Å². The summed E-state index contributed by atoms with van der Waals surface area (Å²) < 4.78 is 1.13. The first-order valence-electron chi connectivity index (χ1n) is 5.12. The molecule has 4 heteroatoms. The maximum absolute atomic E-state index is 9.35. The molecule has 0 radical (unpaired) electrons.